The van der Waals surface area contributed by atoms with Crippen LogP contribution in [0, 0.1) is 6.92 Å². The summed E-state index contributed by atoms with van der Waals surface area (Å²) in [5.41, 5.74) is 1.88. The van der Waals surface area contributed by atoms with Gasteiger partial charge in [0.05, 0.1) is 17.9 Å². The highest BCUT2D eigenvalue weighted by atomic mass is 16.2. The second-order valence-electron chi connectivity index (χ2n) is 4.88. The first kappa shape index (κ1) is 14.3. The van der Waals surface area contributed by atoms with Crippen LogP contribution < -0.4 is 0 Å². The largest absolute Gasteiger partial charge is 0.340 e. The summed E-state index contributed by atoms with van der Waals surface area (Å²) >= 11 is 0. The lowest BCUT2D eigenvalue weighted by Crippen LogP contribution is -2.27. The maximum atomic E-state index is 12.1. The molecule has 0 bridgehead atoms. The van der Waals surface area contributed by atoms with E-state index in [0.29, 0.717) is 19.5 Å². The van der Waals surface area contributed by atoms with E-state index in [0.717, 1.165) is 17.9 Å². The van der Waals surface area contributed by atoms with Crippen LogP contribution in [0.3, 0.4) is 0 Å². The van der Waals surface area contributed by atoms with Crippen molar-refractivity contribution in [2.45, 2.75) is 39.9 Å². The van der Waals surface area contributed by atoms with Gasteiger partial charge in [0, 0.05) is 39.0 Å². The van der Waals surface area contributed by atoms with Crippen molar-refractivity contribution in [2.24, 2.45) is 0 Å². The number of rotatable bonds is 6. The molecule has 0 radical (unpaired) electrons. The van der Waals surface area contributed by atoms with Gasteiger partial charge in [-0.05, 0) is 26.0 Å². The topological polar surface area (TPSA) is 56.0 Å². The molecular weight excluding hydrogens is 254 g/mol. The van der Waals surface area contributed by atoms with Gasteiger partial charge in [-0.15, -0.1) is 0 Å². The van der Waals surface area contributed by atoms with Crippen molar-refractivity contribution in [2.75, 3.05) is 7.05 Å². The maximum Gasteiger partial charge on any atom is 0.224 e. The van der Waals surface area contributed by atoms with E-state index in [9.17, 15) is 4.79 Å². The summed E-state index contributed by atoms with van der Waals surface area (Å²) in [7, 11) is 1.81. The summed E-state index contributed by atoms with van der Waals surface area (Å²) in [5.74, 6) is 0.101. The Hall–Kier alpha value is -2.11. The molecule has 0 atom stereocenters. The SMILES string of the molecule is CCn1ccc(CN(C)C(=O)CCn2ccc(C)n2)n1. The Balaban J connectivity index is 1.82. The molecule has 1 amide bonds. The lowest BCUT2D eigenvalue weighted by Gasteiger charge is -2.15. The first-order valence-corrected chi connectivity index (χ1v) is 6.85. The van der Waals surface area contributed by atoms with Gasteiger partial charge in [0.1, 0.15) is 0 Å². The zero-order chi connectivity index (χ0) is 14.5. The quantitative estimate of drug-likeness (QED) is 0.802. The summed E-state index contributed by atoms with van der Waals surface area (Å²) in [6, 6.07) is 3.88. The predicted molar refractivity (Wildman–Crippen MR) is 76.0 cm³/mol. The highest BCUT2D eigenvalue weighted by Gasteiger charge is 2.11. The molecule has 0 aliphatic carbocycles. The van der Waals surface area contributed by atoms with Gasteiger partial charge < -0.3 is 4.90 Å². The fraction of sp³-hybridized carbons (Fsp3) is 0.500. The number of carbonyl (C=O) groups excluding carboxylic acids is 1. The van der Waals surface area contributed by atoms with E-state index in [4.69, 9.17) is 0 Å². The van der Waals surface area contributed by atoms with E-state index in [1.165, 1.54) is 0 Å². The predicted octanol–water partition coefficient (Wildman–Crippen LogP) is 1.46. The van der Waals surface area contributed by atoms with Gasteiger partial charge in [-0.1, -0.05) is 0 Å². The molecule has 2 aromatic heterocycles. The van der Waals surface area contributed by atoms with E-state index < -0.39 is 0 Å². The van der Waals surface area contributed by atoms with Crippen molar-refractivity contribution in [3.05, 3.63) is 35.9 Å². The van der Waals surface area contributed by atoms with Crippen molar-refractivity contribution in [1.29, 1.82) is 0 Å². The standard InChI is InChI=1S/C14H21N5O/c1-4-18-9-6-13(16-18)11-17(3)14(20)7-10-19-8-5-12(2)15-19/h5-6,8-9H,4,7,10-11H2,1-3H3. The van der Waals surface area contributed by atoms with Crippen LogP contribution in [0.1, 0.15) is 24.7 Å². The van der Waals surface area contributed by atoms with Gasteiger partial charge in [-0.25, -0.2) is 0 Å². The number of nitrogens with zero attached hydrogens (tertiary/aromatic N) is 5. The molecule has 0 N–H and O–H groups in total. The van der Waals surface area contributed by atoms with Crippen molar-refractivity contribution >= 4 is 5.91 Å². The third-order valence-corrected chi connectivity index (χ3v) is 3.17. The number of hydrogen-bond acceptors (Lipinski definition) is 3. The Labute approximate surface area is 119 Å². The molecule has 0 aliphatic heterocycles. The molecule has 6 nitrogen and oxygen atoms in total. The van der Waals surface area contributed by atoms with Crippen molar-refractivity contribution < 1.29 is 4.79 Å². The van der Waals surface area contributed by atoms with Crippen LogP contribution in [0.4, 0.5) is 0 Å². The zero-order valence-corrected chi connectivity index (χ0v) is 12.3. The minimum atomic E-state index is 0.101. The smallest absolute Gasteiger partial charge is 0.224 e. The normalized spacial score (nSPS) is 10.8. The molecule has 0 aliphatic rings. The van der Waals surface area contributed by atoms with Gasteiger partial charge in [0.25, 0.3) is 0 Å². The Morgan fingerprint density at radius 2 is 2.00 bits per heavy atom. The van der Waals surface area contributed by atoms with Crippen LogP contribution in [0.2, 0.25) is 0 Å². The number of aromatic nitrogens is 4. The van der Waals surface area contributed by atoms with Gasteiger partial charge in [-0.2, -0.15) is 10.2 Å². The van der Waals surface area contributed by atoms with Crippen LogP contribution in [-0.2, 0) is 24.4 Å². The molecule has 0 fully saturated rings. The number of aryl methyl sites for hydroxylation is 3. The Kier molecular flexibility index (Phi) is 4.55. The molecule has 0 unspecified atom stereocenters. The second kappa shape index (κ2) is 6.36. The highest BCUT2D eigenvalue weighted by molar-refractivity contribution is 5.75. The lowest BCUT2D eigenvalue weighted by atomic mass is 10.3. The first-order chi connectivity index (χ1) is 9.58. The zero-order valence-electron chi connectivity index (χ0n) is 12.3. The molecule has 0 saturated carbocycles. The Bertz CT molecular complexity index is 572. The molecule has 20 heavy (non-hydrogen) atoms. The highest BCUT2D eigenvalue weighted by Crippen LogP contribution is 2.03. The molecule has 6 heteroatoms. The minimum Gasteiger partial charge on any atom is -0.340 e. The second-order valence-corrected chi connectivity index (χ2v) is 4.88. The van der Waals surface area contributed by atoms with E-state index in [1.54, 1.807) is 9.58 Å². The number of amides is 1. The fourth-order valence-electron chi connectivity index (χ4n) is 1.98. The first-order valence-electron chi connectivity index (χ1n) is 6.85. The molecule has 108 valence electrons. The number of hydrogen-bond donors (Lipinski definition) is 0. The van der Waals surface area contributed by atoms with Gasteiger partial charge in [0.2, 0.25) is 5.91 Å². The summed E-state index contributed by atoms with van der Waals surface area (Å²) in [6.45, 7) is 5.98. The Morgan fingerprint density at radius 3 is 2.60 bits per heavy atom. The van der Waals surface area contributed by atoms with Crippen LogP contribution in [0.25, 0.3) is 0 Å². The minimum absolute atomic E-state index is 0.101. The number of carbonyl (C=O) groups is 1. The fourth-order valence-corrected chi connectivity index (χ4v) is 1.98. The van der Waals surface area contributed by atoms with Crippen molar-refractivity contribution in [3.8, 4) is 0 Å². The van der Waals surface area contributed by atoms with Gasteiger partial charge >= 0.3 is 0 Å². The lowest BCUT2D eigenvalue weighted by molar-refractivity contribution is -0.130. The van der Waals surface area contributed by atoms with Crippen LogP contribution >= 0.6 is 0 Å². The van der Waals surface area contributed by atoms with Gasteiger partial charge in [0.15, 0.2) is 0 Å². The molecular formula is C14H21N5O. The van der Waals surface area contributed by atoms with Crippen LogP contribution in [-0.4, -0.2) is 37.4 Å². The maximum absolute atomic E-state index is 12.1. The third-order valence-electron chi connectivity index (χ3n) is 3.17. The molecule has 2 aromatic rings. The van der Waals surface area contributed by atoms with Crippen molar-refractivity contribution in [1.82, 2.24) is 24.5 Å². The third kappa shape index (κ3) is 3.69. The van der Waals surface area contributed by atoms with E-state index >= 15 is 0 Å². The van der Waals surface area contributed by atoms with Gasteiger partial charge in [-0.3, -0.25) is 14.2 Å². The van der Waals surface area contributed by atoms with E-state index in [2.05, 4.69) is 10.2 Å². The molecule has 2 rings (SSSR count). The molecule has 0 aromatic carbocycles. The van der Waals surface area contributed by atoms with Crippen molar-refractivity contribution in [3.63, 3.8) is 0 Å². The average Bonchev–Trinajstić information content (AvgIpc) is 3.04. The molecule has 2 heterocycles. The summed E-state index contributed by atoms with van der Waals surface area (Å²) in [5, 5.41) is 8.65. The van der Waals surface area contributed by atoms with E-state index in [-0.39, 0.29) is 5.91 Å². The van der Waals surface area contributed by atoms with Crippen LogP contribution in [0.15, 0.2) is 24.5 Å². The van der Waals surface area contributed by atoms with E-state index in [1.807, 2.05) is 50.1 Å². The summed E-state index contributed by atoms with van der Waals surface area (Å²) in [4.78, 5) is 13.8. The molecule has 0 saturated heterocycles. The Morgan fingerprint density at radius 1 is 1.25 bits per heavy atom. The summed E-state index contributed by atoms with van der Waals surface area (Å²) < 4.78 is 3.66. The molecule has 0 spiro atoms. The average molecular weight is 275 g/mol. The summed E-state index contributed by atoms with van der Waals surface area (Å²) in [6.07, 6.45) is 4.28. The van der Waals surface area contributed by atoms with Crippen LogP contribution in [0.5, 0.6) is 0 Å². The monoisotopic (exact) mass is 275 g/mol.